The second-order valence-corrected chi connectivity index (χ2v) is 25.9. The number of rotatable bonds is 3. The number of hydrogen-bond acceptors (Lipinski definition) is 0. The SMILES string of the molecule is CC(C)c1cc2c3c(-c4cc(C(C)(C)C)cc(C(C)(C)C)c4)c4cc5c(cc4c(-c4cc(C(C)(C)C)cc(C(C)(C)C)c4)c3c3ccc4c(c1-c1cc6ccccc6cc1-4)c32)c1cccc2cccc5c21. The fourth-order valence-corrected chi connectivity index (χ4v) is 12.8. The average Bonchev–Trinajstić information content (AvgIpc) is 3.93. The van der Waals surface area contributed by atoms with Crippen molar-refractivity contribution in [3.63, 3.8) is 0 Å². The van der Waals surface area contributed by atoms with Gasteiger partial charge in [0.25, 0.3) is 0 Å². The molecule has 0 N–H and O–H groups in total. The summed E-state index contributed by atoms with van der Waals surface area (Å²) < 4.78 is 0. The second kappa shape index (κ2) is 14.4. The van der Waals surface area contributed by atoms with E-state index in [4.69, 9.17) is 0 Å². The zero-order valence-corrected chi connectivity index (χ0v) is 44.4. The molecule has 0 saturated carbocycles. The molecule has 0 heteroatoms. The molecule has 0 spiro atoms. The number of benzene rings is 10. The smallest absolute Gasteiger partial charge is 0.000730 e. The minimum Gasteiger partial charge on any atom is -0.0616 e. The lowest BCUT2D eigenvalue weighted by Crippen LogP contribution is -2.16. The van der Waals surface area contributed by atoms with Crippen LogP contribution in [0.15, 0.2) is 140 Å². The van der Waals surface area contributed by atoms with E-state index in [1.807, 2.05) is 0 Å². The molecule has 0 fully saturated rings. The van der Waals surface area contributed by atoms with Crippen molar-refractivity contribution >= 4 is 86.2 Å². The molecule has 0 radical (unpaired) electrons. The number of fused-ring (bicyclic) bond motifs is 11. The van der Waals surface area contributed by atoms with Gasteiger partial charge in [0.2, 0.25) is 0 Å². The van der Waals surface area contributed by atoms with E-state index in [9.17, 15) is 0 Å². The highest BCUT2D eigenvalue weighted by Gasteiger charge is 2.34. The van der Waals surface area contributed by atoms with E-state index in [2.05, 4.69) is 236 Å². The molecule has 12 aromatic rings. The maximum atomic E-state index is 2.65. The van der Waals surface area contributed by atoms with Gasteiger partial charge in [-0.1, -0.05) is 206 Å². The summed E-state index contributed by atoms with van der Waals surface area (Å²) in [5.74, 6) is 0.309. The molecule has 0 amide bonds. The predicted molar refractivity (Wildman–Crippen MR) is 313 cm³/mol. The molecule has 13 rings (SSSR count). The maximum Gasteiger partial charge on any atom is -0.000730 e. The van der Waals surface area contributed by atoms with Crippen LogP contribution in [0.25, 0.3) is 131 Å². The van der Waals surface area contributed by atoms with Crippen LogP contribution in [0.2, 0.25) is 0 Å². The summed E-state index contributed by atoms with van der Waals surface area (Å²) in [7, 11) is 0. The summed E-state index contributed by atoms with van der Waals surface area (Å²) in [4.78, 5) is 0. The molecule has 0 aromatic heterocycles. The van der Waals surface area contributed by atoms with Crippen LogP contribution < -0.4 is 0 Å². The Morgan fingerprint density at radius 2 is 0.732 bits per heavy atom. The minimum absolute atomic E-state index is 0.0583. The Morgan fingerprint density at radius 3 is 1.20 bits per heavy atom. The first-order chi connectivity index (χ1) is 33.6. The monoisotopic (exact) mass is 919 g/mol. The normalized spacial score (nSPS) is 13.6. The van der Waals surface area contributed by atoms with Gasteiger partial charge in [-0.3, -0.25) is 0 Å². The molecule has 1 aliphatic carbocycles. The van der Waals surface area contributed by atoms with E-state index in [1.165, 1.54) is 159 Å². The summed E-state index contributed by atoms with van der Waals surface area (Å²) in [5.41, 5.74) is 17.5. The molecule has 12 aromatic carbocycles. The molecule has 0 aliphatic heterocycles. The van der Waals surface area contributed by atoms with Gasteiger partial charge in [-0.2, -0.15) is 0 Å². The van der Waals surface area contributed by atoms with Crippen LogP contribution in [-0.4, -0.2) is 0 Å². The largest absolute Gasteiger partial charge is 0.0616 e. The molecule has 0 unspecified atom stereocenters. The van der Waals surface area contributed by atoms with Gasteiger partial charge in [0.05, 0.1) is 0 Å². The van der Waals surface area contributed by atoms with E-state index in [1.54, 1.807) is 0 Å². The summed E-state index contributed by atoms with van der Waals surface area (Å²) in [6.07, 6.45) is 0. The third-order valence-corrected chi connectivity index (χ3v) is 16.8. The lowest BCUT2D eigenvalue weighted by atomic mass is 9.76. The highest BCUT2D eigenvalue weighted by Crippen LogP contribution is 2.60. The zero-order valence-electron chi connectivity index (χ0n) is 44.4. The van der Waals surface area contributed by atoms with Crippen LogP contribution in [0.4, 0.5) is 0 Å². The molecular formula is C71H66. The quantitative estimate of drug-likeness (QED) is 0.166. The molecule has 71 heavy (non-hydrogen) atoms. The van der Waals surface area contributed by atoms with Gasteiger partial charge < -0.3 is 0 Å². The first-order valence-corrected chi connectivity index (χ1v) is 26.3. The fraction of sp³-hybridized carbons (Fsp3) is 0.268. The van der Waals surface area contributed by atoms with Crippen LogP contribution in [0.5, 0.6) is 0 Å². The van der Waals surface area contributed by atoms with E-state index in [0.717, 1.165) is 0 Å². The molecule has 0 nitrogen and oxygen atoms in total. The van der Waals surface area contributed by atoms with E-state index in [0.29, 0.717) is 5.92 Å². The van der Waals surface area contributed by atoms with Crippen molar-refractivity contribution in [2.75, 3.05) is 0 Å². The van der Waals surface area contributed by atoms with Gasteiger partial charge in [-0.05, 0) is 216 Å². The lowest BCUT2D eigenvalue weighted by Gasteiger charge is -2.28. The van der Waals surface area contributed by atoms with Gasteiger partial charge in [0.15, 0.2) is 0 Å². The maximum absolute atomic E-state index is 2.65. The molecule has 0 bridgehead atoms. The van der Waals surface area contributed by atoms with Crippen LogP contribution >= 0.6 is 0 Å². The van der Waals surface area contributed by atoms with Crippen molar-refractivity contribution < 1.29 is 0 Å². The second-order valence-electron chi connectivity index (χ2n) is 25.9. The van der Waals surface area contributed by atoms with Crippen molar-refractivity contribution in [2.24, 2.45) is 0 Å². The van der Waals surface area contributed by atoms with Gasteiger partial charge in [0, 0.05) is 0 Å². The summed E-state index contributed by atoms with van der Waals surface area (Å²) in [5, 5.41) is 21.6. The van der Waals surface area contributed by atoms with Crippen LogP contribution in [0.1, 0.15) is 131 Å². The highest BCUT2D eigenvalue weighted by molar-refractivity contribution is 6.44. The molecular weight excluding hydrogens is 853 g/mol. The van der Waals surface area contributed by atoms with Gasteiger partial charge >= 0.3 is 0 Å². The van der Waals surface area contributed by atoms with Crippen LogP contribution in [-0.2, 0) is 21.7 Å². The van der Waals surface area contributed by atoms with Crippen molar-refractivity contribution in [2.45, 2.75) is 125 Å². The fourth-order valence-electron chi connectivity index (χ4n) is 12.8. The summed E-state index contributed by atoms with van der Waals surface area (Å²) in [6, 6.07) is 55.8. The Hall–Kier alpha value is -6.76. The summed E-state index contributed by atoms with van der Waals surface area (Å²) in [6.45, 7) is 33.4. The van der Waals surface area contributed by atoms with Gasteiger partial charge in [-0.25, -0.2) is 0 Å². The first kappa shape index (κ1) is 44.2. The number of hydrogen-bond donors (Lipinski definition) is 0. The lowest BCUT2D eigenvalue weighted by molar-refractivity contribution is 0.568. The zero-order chi connectivity index (χ0) is 49.6. The van der Waals surface area contributed by atoms with Crippen molar-refractivity contribution in [1.29, 1.82) is 0 Å². The predicted octanol–water partition coefficient (Wildman–Crippen LogP) is 21.1. The van der Waals surface area contributed by atoms with Crippen molar-refractivity contribution in [3.05, 3.63) is 167 Å². The Bertz CT molecular complexity index is 4180. The van der Waals surface area contributed by atoms with Gasteiger partial charge in [-0.15, -0.1) is 0 Å². The molecule has 0 atom stereocenters. The minimum atomic E-state index is -0.0596. The van der Waals surface area contributed by atoms with Crippen molar-refractivity contribution in [1.82, 2.24) is 0 Å². The Morgan fingerprint density at radius 1 is 0.282 bits per heavy atom. The van der Waals surface area contributed by atoms with E-state index < -0.39 is 0 Å². The topological polar surface area (TPSA) is 0 Å². The van der Waals surface area contributed by atoms with Crippen molar-refractivity contribution in [3.8, 4) is 44.5 Å². The summed E-state index contributed by atoms with van der Waals surface area (Å²) >= 11 is 0. The Labute approximate surface area is 420 Å². The third-order valence-electron chi connectivity index (χ3n) is 16.8. The van der Waals surface area contributed by atoms with E-state index in [-0.39, 0.29) is 21.7 Å². The third kappa shape index (κ3) is 6.35. The van der Waals surface area contributed by atoms with Crippen LogP contribution in [0, 0.1) is 0 Å². The van der Waals surface area contributed by atoms with Gasteiger partial charge in [0.1, 0.15) is 0 Å². The van der Waals surface area contributed by atoms with E-state index >= 15 is 0 Å². The molecule has 0 saturated heterocycles. The van der Waals surface area contributed by atoms with Crippen LogP contribution in [0.3, 0.4) is 0 Å². The Balaban J connectivity index is 1.34. The highest BCUT2D eigenvalue weighted by atomic mass is 14.4. The first-order valence-electron chi connectivity index (χ1n) is 26.3. The average molecular weight is 919 g/mol. The molecule has 350 valence electrons. The Kier molecular flexibility index (Phi) is 8.99. The standard InChI is InChI=1S/C71H66/c1-38(2)52-35-59-63-51(26-25-50-53-31-40-19-15-16-20-41(40)32-56(53)64(52)65(50)63)66-61(42-27-44(68(3,4)5)33-45(28-42)69(6,7)8)57-36-54-48-23-17-21-39-22-18-24-49(60(39)48)55(54)37-58(57)62(67(59)66)43-29-46(70(9,10)11)34-47(30-43)71(12,13)14/h15-38H,1-14H3. The molecule has 1 aliphatic rings. The molecule has 0 heterocycles.